The van der Waals surface area contributed by atoms with Crippen LogP contribution in [0.2, 0.25) is 0 Å². The quantitative estimate of drug-likeness (QED) is 0.745. The molecule has 3 heterocycles. The largest absolute Gasteiger partial charge is 0.310 e. The van der Waals surface area contributed by atoms with Crippen LogP contribution in [0.3, 0.4) is 0 Å². The van der Waals surface area contributed by atoms with Gasteiger partial charge < -0.3 is 4.98 Å². The predicted molar refractivity (Wildman–Crippen MR) is 104 cm³/mol. The third-order valence-electron chi connectivity index (χ3n) is 4.76. The average Bonchev–Trinajstić information content (AvgIpc) is 3.11. The molecule has 3 aromatic rings. The van der Waals surface area contributed by atoms with Gasteiger partial charge in [-0.2, -0.15) is 0 Å². The molecule has 1 aliphatic rings. The average molecular weight is 384 g/mol. The lowest BCUT2D eigenvalue weighted by Crippen LogP contribution is -2.35. The third-order valence-corrected chi connectivity index (χ3v) is 5.60. The first-order valence-corrected chi connectivity index (χ1v) is 9.92. The van der Waals surface area contributed by atoms with Gasteiger partial charge in [0.05, 0.1) is 23.5 Å². The maximum absolute atomic E-state index is 13.1. The van der Waals surface area contributed by atoms with E-state index < -0.39 is 0 Å². The first kappa shape index (κ1) is 18.0. The summed E-state index contributed by atoms with van der Waals surface area (Å²) in [6.45, 7) is 6.19. The van der Waals surface area contributed by atoms with Gasteiger partial charge in [0, 0.05) is 36.4 Å². The first-order chi connectivity index (χ1) is 13.0. The summed E-state index contributed by atoms with van der Waals surface area (Å²) < 4.78 is 13.1. The van der Waals surface area contributed by atoms with E-state index in [2.05, 4.69) is 19.9 Å². The highest BCUT2D eigenvalue weighted by atomic mass is 32.1. The van der Waals surface area contributed by atoms with Gasteiger partial charge in [0.2, 0.25) is 0 Å². The molecular formula is C20H21FN4OS. The molecule has 140 valence electrons. The monoisotopic (exact) mass is 384 g/mol. The molecule has 0 radical (unpaired) electrons. The molecule has 1 N–H and O–H groups in total. The zero-order valence-electron chi connectivity index (χ0n) is 15.3. The van der Waals surface area contributed by atoms with Crippen molar-refractivity contribution >= 4 is 11.3 Å². The van der Waals surface area contributed by atoms with E-state index in [1.807, 2.05) is 19.2 Å². The second kappa shape index (κ2) is 7.32. The Kier molecular flexibility index (Phi) is 4.88. The number of H-pyrrole nitrogens is 1. The summed E-state index contributed by atoms with van der Waals surface area (Å²) in [6.07, 6.45) is 0.773. The summed E-state index contributed by atoms with van der Waals surface area (Å²) in [7, 11) is 0. The van der Waals surface area contributed by atoms with Crippen molar-refractivity contribution in [2.24, 2.45) is 0 Å². The number of benzene rings is 1. The third kappa shape index (κ3) is 3.84. The first-order valence-electron chi connectivity index (χ1n) is 9.04. The Labute approximate surface area is 160 Å². The fraction of sp³-hybridized carbons (Fsp3) is 0.350. The SMILES string of the molecule is CC(C)c1nc2c(c(=O)[nH]1)CN(Cc1nc(-c3ccc(F)cc3)cs1)CC2. The Balaban J connectivity index is 1.49. The van der Waals surface area contributed by atoms with E-state index in [1.165, 1.54) is 12.1 Å². The van der Waals surface area contributed by atoms with E-state index in [9.17, 15) is 9.18 Å². The van der Waals surface area contributed by atoms with Crippen molar-refractivity contribution in [3.05, 3.63) is 67.9 Å². The maximum atomic E-state index is 13.1. The van der Waals surface area contributed by atoms with Crippen LogP contribution >= 0.6 is 11.3 Å². The second-order valence-corrected chi connectivity index (χ2v) is 8.07. The molecule has 4 rings (SSSR count). The summed E-state index contributed by atoms with van der Waals surface area (Å²) in [5, 5.41) is 2.98. The van der Waals surface area contributed by atoms with Crippen LogP contribution in [0.5, 0.6) is 0 Å². The second-order valence-electron chi connectivity index (χ2n) is 7.13. The molecule has 27 heavy (non-hydrogen) atoms. The number of aromatic amines is 1. The number of hydrogen-bond donors (Lipinski definition) is 1. The van der Waals surface area contributed by atoms with Gasteiger partial charge in [-0.3, -0.25) is 9.69 Å². The van der Waals surface area contributed by atoms with Crippen LogP contribution in [0.25, 0.3) is 11.3 Å². The van der Waals surface area contributed by atoms with Crippen LogP contribution in [0.15, 0.2) is 34.4 Å². The maximum Gasteiger partial charge on any atom is 0.255 e. The van der Waals surface area contributed by atoms with Crippen molar-refractivity contribution in [3.8, 4) is 11.3 Å². The molecule has 0 fully saturated rings. The van der Waals surface area contributed by atoms with Gasteiger partial charge in [0.1, 0.15) is 16.6 Å². The summed E-state index contributed by atoms with van der Waals surface area (Å²) in [5.41, 5.74) is 3.42. The Hall–Kier alpha value is -2.38. The van der Waals surface area contributed by atoms with Crippen LogP contribution in [-0.2, 0) is 19.5 Å². The van der Waals surface area contributed by atoms with Crippen molar-refractivity contribution < 1.29 is 4.39 Å². The molecule has 0 aliphatic carbocycles. The van der Waals surface area contributed by atoms with Crippen molar-refractivity contribution in [3.63, 3.8) is 0 Å². The standard InChI is InChI=1S/C20H21FN4OS/c1-12(2)19-23-16-7-8-25(9-15(16)20(26)24-19)10-18-22-17(11-27-18)13-3-5-14(21)6-4-13/h3-6,11-12H,7-10H2,1-2H3,(H,23,24,26). The number of aromatic nitrogens is 3. The van der Waals surface area contributed by atoms with Gasteiger partial charge in [-0.25, -0.2) is 14.4 Å². The molecule has 7 heteroatoms. The van der Waals surface area contributed by atoms with E-state index in [4.69, 9.17) is 0 Å². The molecule has 1 aromatic carbocycles. The normalized spacial score (nSPS) is 14.5. The fourth-order valence-electron chi connectivity index (χ4n) is 3.24. The van der Waals surface area contributed by atoms with Crippen molar-refractivity contribution in [1.82, 2.24) is 19.9 Å². The van der Waals surface area contributed by atoms with Crippen LogP contribution in [0.1, 0.15) is 41.9 Å². The van der Waals surface area contributed by atoms with Gasteiger partial charge in [0.25, 0.3) is 5.56 Å². The van der Waals surface area contributed by atoms with Crippen LogP contribution in [0.4, 0.5) is 4.39 Å². The van der Waals surface area contributed by atoms with Gasteiger partial charge in [-0.15, -0.1) is 11.3 Å². The highest BCUT2D eigenvalue weighted by molar-refractivity contribution is 7.09. The van der Waals surface area contributed by atoms with E-state index in [0.29, 0.717) is 13.1 Å². The number of rotatable bonds is 4. The molecule has 0 unspecified atom stereocenters. The number of nitrogens with zero attached hydrogens (tertiary/aromatic N) is 3. The molecule has 5 nitrogen and oxygen atoms in total. The summed E-state index contributed by atoms with van der Waals surface area (Å²) in [4.78, 5) is 26.9. The lowest BCUT2D eigenvalue weighted by atomic mass is 10.1. The van der Waals surface area contributed by atoms with E-state index in [-0.39, 0.29) is 17.3 Å². The highest BCUT2D eigenvalue weighted by Gasteiger charge is 2.22. The van der Waals surface area contributed by atoms with E-state index in [1.54, 1.807) is 23.5 Å². The number of halogens is 1. The predicted octanol–water partition coefficient (Wildman–Crippen LogP) is 3.71. The summed E-state index contributed by atoms with van der Waals surface area (Å²) in [6, 6.07) is 6.37. The Morgan fingerprint density at radius 3 is 2.78 bits per heavy atom. The lowest BCUT2D eigenvalue weighted by Gasteiger charge is -2.27. The van der Waals surface area contributed by atoms with Gasteiger partial charge in [-0.05, 0) is 24.3 Å². The van der Waals surface area contributed by atoms with Crippen molar-refractivity contribution in [1.29, 1.82) is 0 Å². The molecule has 2 aromatic heterocycles. The highest BCUT2D eigenvalue weighted by Crippen LogP contribution is 2.24. The number of nitrogens with one attached hydrogen (secondary N) is 1. The molecule has 0 atom stereocenters. The molecule has 0 saturated heterocycles. The minimum Gasteiger partial charge on any atom is -0.310 e. The summed E-state index contributed by atoms with van der Waals surface area (Å²) in [5.74, 6) is 0.720. The Morgan fingerprint density at radius 2 is 2.04 bits per heavy atom. The van der Waals surface area contributed by atoms with Crippen molar-refractivity contribution in [2.45, 2.75) is 39.3 Å². The van der Waals surface area contributed by atoms with Crippen LogP contribution in [0, 0.1) is 5.82 Å². The van der Waals surface area contributed by atoms with E-state index in [0.717, 1.165) is 46.3 Å². The fourth-order valence-corrected chi connectivity index (χ4v) is 4.08. The minimum atomic E-state index is -0.249. The molecule has 0 amide bonds. The van der Waals surface area contributed by atoms with Crippen LogP contribution in [-0.4, -0.2) is 26.4 Å². The Bertz CT molecular complexity index is 1010. The lowest BCUT2D eigenvalue weighted by molar-refractivity contribution is 0.241. The van der Waals surface area contributed by atoms with E-state index >= 15 is 0 Å². The number of fused-ring (bicyclic) bond motifs is 1. The Morgan fingerprint density at radius 1 is 1.26 bits per heavy atom. The van der Waals surface area contributed by atoms with Crippen LogP contribution < -0.4 is 5.56 Å². The molecule has 0 saturated carbocycles. The van der Waals surface area contributed by atoms with Gasteiger partial charge in [-0.1, -0.05) is 13.8 Å². The van der Waals surface area contributed by atoms with Crippen molar-refractivity contribution in [2.75, 3.05) is 6.54 Å². The number of thiazole rings is 1. The number of hydrogen-bond acceptors (Lipinski definition) is 5. The zero-order valence-corrected chi connectivity index (χ0v) is 16.1. The topological polar surface area (TPSA) is 61.9 Å². The van der Waals surface area contributed by atoms with Gasteiger partial charge >= 0.3 is 0 Å². The smallest absolute Gasteiger partial charge is 0.255 e. The van der Waals surface area contributed by atoms with Gasteiger partial charge in [0.15, 0.2) is 0 Å². The molecule has 0 bridgehead atoms. The molecular weight excluding hydrogens is 363 g/mol. The summed E-state index contributed by atoms with van der Waals surface area (Å²) >= 11 is 1.59. The molecule has 0 spiro atoms. The minimum absolute atomic E-state index is 0.0282. The zero-order chi connectivity index (χ0) is 19.0. The molecule has 1 aliphatic heterocycles.